The molecular formula is C54H31NOS. The summed E-state index contributed by atoms with van der Waals surface area (Å²) in [5.74, 6) is 0. The summed E-state index contributed by atoms with van der Waals surface area (Å²) in [6.45, 7) is 0. The van der Waals surface area contributed by atoms with Crippen LogP contribution in [-0.2, 0) is 0 Å². The molecule has 0 aliphatic heterocycles. The van der Waals surface area contributed by atoms with Gasteiger partial charge in [-0.3, -0.25) is 0 Å². The van der Waals surface area contributed by atoms with Crippen molar-refractivity contribution in [2.24, 2.45) is 0 Å². The molecule has 13 aromatic rings. The van der Waals surface area contributed by atoms with E-state index < -0.39 is 0 Å². The molecule has 13 rings (SSSR count). The molecule has 0 amide bonds. The standard InChI is InChI=1S/C54H31NOS/c1-2-10-40-32(8-1)9-7-13-41(40)37-19-24-51-47(30-37)46-29-35(18-23-50(46)56-51)34-17-22-49-45(28-34)42-11-3-5-14-48(42)55(49)39-21-16-33-26-36-20-25-53-54(44(36)31-38(33)27-39)43-12-4-6-15-52(43)57-53/h1-31H. The van der Waals surface area contributed by atoms with Crippen LogP contribution >= 0.6 is 11.3 Å². The van der Waals surface area contributed by atoms with E-state index in [-0.39, 0.29) is 0 Å². The van der Waals surface area contributed by atoms with Gasteiger partial charge in [0.1, 0.15) is 11.2 Å². The molecule has 0 fully saturated rings. The maximum Gasteiger partial charge on any atom is 0.135 e. The summed E-state index contributed by atoms with van der Waals surface area (Å²) in [4.78, 5) is 0. The lowest BCUT2D eigenvalue weighted by molar-refractivity contribution is 0.669. The predicted molar refractivity (Wildman–Crippen MR) is 244 cm³/mol. The SMILES string of the molecule is c1ccc2c(-c3ccc4oc5ccc(-c6ccc7c(c6)c6ccccc6n7-c6ccc7cc8ccc9sc%10ccccc%10c9c8cc7c6)cc5c4c3)cccc2c1. The summed E-state index contributed by atoms with van der Waals surface area (Å²) in [6, 6.07) is 69.1. The van der Waals surface area contributed by atoms with Crippen LogP contribution < -0.4 is 0 Å². The van der Waals surface area contributed by atoms with Gasteiger partial charge in [-0.15, -0.1) is 11.3 Å². The quantitative estimate of drug-likeness (QED) is 0.165. The molecule has 0 unspecified atom stereocenters. The average Bonchev–Trinajstić information content (AvgIpc) is 3.94. The van der Waals surface area contributed by atoms with Crippen LogP contribution in [0.1, 0.15) is 0 Å². The Bertz CT molecular complexity index is 3820. The Morgan fingerprint density at radius 3 is 1.93 bits per heavy atom. The van der Waals surface area contributed by atoms with Gasteiger partial charge in [0.05, 0.1) is 11.0 Å². The van der Waals surface area contributed by atoms with Crippen LogP contribution in [0, 0.1) is 0 Å². The first kappa shape index (κ1) is 31.1. The number of benzene rings is 10. The molecule has 2 nitrogen and oxygen atoms in total. The van der Waals surface area contributed by atoms with Gasteiger partial charge >= 0.3 is 0 Å². The highest BCUT2D eigenvalue weighted by Gasteiger charge is 2.17. The number of hydrogen-bond acceptors (Lipinski definition) is 2. The van der Waals surface area contributed by atoms with Crippen LogP contribution in [0.2, 0.25) is 0 Å². The van der Waals surface area contributed by atoms with Crippen molar-refractivity contribution in [1.29, 1.82) is 0 Å². The molecule has 57 heavy (non-hydrogen) atoms. The first-order valence-electron chi connectivity index (χ1n) is 19.5. The summed E-state index contributed by atoms with van der Waals surface area (Å²) in [7, 11) is 0. The zero-order valence-electron chi connectivity index (χ0n) is 30.7. The Morgan fingerprint density at radius 1 is 0.351 bits per heavy atom. The first-order valence-corrected chi connectivity index (χ1v) is 20.3. The minimum absolute atomic E-state index is 0.901. The van der Waals surface area contributed by atoms with Crippen LogP contribution in [0.25, 0.3) is 124 Å². The molecule has 0 N–H and O–H groups in total. The summed E-state index contributed by atoms with van der Waals surface area (Å²) in [5.41, 5.74) is 10.1. The van der Waals surface area contributed by atoms with E-state index in [1.165, 1.54) is 96.5 Å². The lowest BCUT2D eigenvalue weighted by Gasteiger charge is -2.11. The molecular weight excluding hydrogens is 711 g/mol. The van der Waals surface area contributed by atoms with Gasteiger partial charge in [-0.2, -0.15) is 0 Å². The van der Waals surface area contributed by atoms with E-state index in [4.69, 9.17) is 4.42 Å². The number of thiophene rings is 1. The molecule has 0 radical (unpaired) electrons. The van der Waals surface area contributed by atoms with Crippen molar-refractivity contribution in [2.75, 3.05) is 0 Å². The Balaban J connectivity index is 0.957. The fourth-order valence-corrected chi connectivity index (χ4v) is 10.6. The van der Waals surface area contributed by atoms with Crippen molar-refractivity contribution in [1.82, 2.24) is 4.57 Å². The van der Waals surface area contributed by atoms with Gasteiger partial charge in [0.2, 0.25) is 0 Å². The van der Waals surface area contributed by atoms with E-state index >= 15 is 0 Å². The third-order valence-corrected chi connectivity index (χ3v) is 13.3. The molecule has 0 aliphatic rings. The molecule has 264 valence electrons. The van der Waals surface area contributed by atoms with Crippen LogP contribution in [0.5, 0.6) is 0 Å². The minimum atomic E-state index is 0.901. The fourth-order valence-electron chi connectivity index (χ4n) is 9.45. The lowest BCUT2D eigenvalue weighted by atomic mass is 9.96. The molecule has 0 aliphatic carbocycles. The third-order valence-electron chi connectivity index (χ3n) is 12.1. The number of furan rings is 1. The lowest BCUT2D eigenvalue weighted by Crippen LogP contribution is -1.94. The minimum Gasteiger partial charge on any atom is -0.456 e. The van der Waals surface area contributed by atoms with Crippen molar-refractivity contribution in [3.8, 4) is 27.9 Å². The number of hydrogen-bond donors (Lipinski definition) is 0. The molecule has 0 spiro atoms. The van der Waals surface area contributed by atoms with Gasteiger partial charge in [-0.1, -0.05) is 109 Å². The molecule has 0 saturated carbocycles. The van der Waals surface area contributed by atoms with E-state index in [1.807, 2.05) is 11.3 Å². The maximum absolute atomic E-state index is 6.39. The Kier molecular flexibility index (Phi) is 6.35. The van der Waals surface area contributed by atoms with Crippen LogP contribution in [0.3, 0.4) is 0 Å². The van der Waals surface area contributed by atoms with Gasteiger partial charge in [0, 0.05) is 47.4 Å². The topological polar surface area (TPSA) is 18.1 Å². The smallest absolute Gasteiger partial charge is 0.135 e. The van der Waals surface area contributed by atoms with E-state index in [0.29, 0.717) is 0 Å². The molecule has 3 aromatic heterocycles. The molecule has 0 atom stereocenters. The molecule has 0 bridgehead atoms. The van der Waals surface area contributed by atoms with Crippen molar-refractivity contribution in [2.45, 2.75) is 0 Å². The van der Waals surface area contributed by atoms with Crippen LogP contribution in [-0.4, -0.2) is 4.57 Å². The number of fused-ring (bicyclic) bond motifs is 13. The molecule has 3 heteroatoms. The Morgan fingerprint density at radius 2 is 1.04 bits per heavy atom. The Labute approximate surface area is 331 Å². The zero-order valence-corrected chi connectivity index (χ0v) is 31.5. The second kappa shape index (κ2) is 11.7. The summed E-state index contributed by atoms with van der Waals surface area (Å²) < 4.78 is 11.5. The van der Waals surface area contributed by atoms with Gasteiger partial charge in [0.15, 0.2) is 0 Å². The number of nitrogens with zero attached hydrogens (tertiary/aromatic N) is 1. The molecule has 3 heterocycles. The van der Waals surface area contributed by atoms with Crippen molar-refractivity contribution in [3.05, 3.63) is 188 Å². The highest BCUT2D eigenvalue weighted by atomic mass is 32.1. The monoisotopic (exact) mass is 741 g/mol. The van der Waals surface area contributed by atoms with Crippen LogP contribution in [0.4, 0.5) is 0 Å². The number of para-hydroxylation sites is 1. The largest absolute Gasteiger partial charge is 0.456 e. The third kappa shape index (κ3) is 4.58. The maximum atomic E-state index is 6.39. The highest BCUT2D eigenvalue weighted by molar-refractivity contribution is 7.26. The van der Waals surface area contributed by atoms with E-state index in [2.05, 4.69) is 193 Å². The van der Waals surface area contributed by atoms with Gasteiger partial charge in [0.25, 0.3) is 0 Å². The summed E-state index contributed by atoms with van der Waals surface area (Å²) >= 11 is 1.88. The van der Waals surface area contributed by atoms with Gasteiger partial charge in [-0.25, -0.2) is 0 Å². The fraction of sp³-hybridized carbons (Fsp3) is 0. The molecule has 10 aromatic carbocycles. The predicted octanol–water partition coefficient (Wildman–Crippen LogP) is 15.8. The van der Waals surface area contributed by atoms with Gasteiger partial charge in [-0.05, 0) is 133 Å². The summed E-state index contributed by atoms with van der Waals surface area (Å²) in [5, 5.41) is 15.0. The van der Waals surface area contributed by atoms with E-state index in [9.17, 15) is 0 Å². The van der Waals surface area contributed by atoms with E-state index in [1.54, 1.807) is 0 Å². The number of aromatic nitrogens is 1. The highest BCUT2D eigenvalue weighted by Crippen LogP contribution is 2.42. The summed E-state index contributed by atoms with van der Waals surface area (Å²) in [6.07, 6.45) is 0. The Hall–Kier alpha value is -7.20. The van der Waals surface area contributed by atoms with Gasteiger partial charge < -0.3 is 8.98 Å². The normalized spacial score (nSPS) is 12.2. The van der Waals surface area contributed by atoms with Crippen molar-refractivity contribution >= 4 is 108 Å². The molecule has 0 saturated heterocycles. The number of rotatable bonds is 3. The first-order chi connectivity index (χ1) is 28.2. The zero-order chi connectivity index (χ0) is 37.2. The van der Waals surface area contributed by atoms with Crippen molar-refractivity contribution < 1.29 is 4.42 Å². The second-order valence-corrected chi connectivity index (χ2v) is 16.4. The van der Waals surface area contributed by atoms with E-state index in [0.717, 1.165) is 27.6 Å². The second-order valence-electron chi connectivity index (χ2n) is 15.3. The van der Waals surface area contributed by atoms with Crippen LogP contribution in [0.15, 0.2) is 192 Å². The average molecular weight is 742 g/mol. The van der Waals surface area contributed by atoms with Crippen molar-refractivity contribution in [3.63, 3.8) is 0 Å².